The number of anilines is 1. The fraction of sp³-hybridized carbons (Fsp3) is 0.652. The maximum Gasteiger partial charge on any atom is 0.425 e. The SMILES string of the molecule is CC(OC(=O)N1CCN(Cc2ccc(Cl)cc2N2CC[C@@H](N3CCCC3=O)C2)CC1)C(F)(F)F. The number of likely N-dealkylation sites (tertiary alicyclic amines) is 1. The van der Waals surface area contributed by atoms with Crippen LogP contribution in [0.3, 0.4) is 0 Å². The molecular formula is C23H30ClF3N4O3. The summed E-state index contributed by atoms with van der Waals surface area (Å²) in [5.41, 5.74) is 2.14. The average molecular weight is 503 g/mol. The van der Waals surface area contributed by atoms with E-state index in [1.165, 1.54) is 4.90 Å². The molecule has 34 heavy (non-hydrogen) atoms. The minimum Gasteiger partial charge on any atom is -0.437 e. The van der Waals surface area contributed by atoms with Gasteiger partial charge in [-0.3, -0.25) is 9.69 Å². The van der Waals surface area contributed by atoms with Crippen molar-refractivity contribution in [1.82, 2.24) is 14.7 Å². The van der Waals surface area contributed by atoms with Crippen LogP contribution in [0.15, 0.2) is 18.2 Å². The molecule has 3 aliphatic rings. The maximum atomic E-state index is 12.7. The number of benzene rings is 1. The Morgan fingerprint density at radius 1 is 1.18 bits per heavy atom. The van der Waals surface area contributed by atoms with Crippen molar-refractivity contribution in [2.45, 2.75) is 51.1 Å². The first-order chi connectivity index (χ1) is 16.1. The monoisotopic (exact) mass is 502 g/mol. The molecule has 3 saturated heterocycles. The molecule has 1 unspecified atom stereocenters. The van der Waals surface area contributed by atoms with Crippen LogP contribution in [0.1, 0.15) is 31.7 Å². The van der Waals surface area contributed by atoms with Crippen LogP contribution in [0.5, 0.6) is 0 Å². The number of hydrogen-bond acceptors (Lipinski definition) is 5. The summed E-state index contributed by atoms with van der Waals surface area (Å²) in [4.78, 5) is 32.0. The van der Waals surface area contributed by atoms with Crippen LogP contribution >= 0.6 is 11.6 Å². The zero-order chi connectivity index (χ0) is 24.5. The third-order valence-electron chi connectivity index (χ3n) is 6.87. The molecule has 3 heterocycles. The quantitative estimate of drug-likeness (QED) is 0.614. The third-order valence-corrected chi connectivity index (χ3v) is 7.10. The fourth-order valence-electron chi connectivity index (χ4n) is 4.86. The van der Waals surface area contributed by atoms with Gasteiger partial charge in [0.15, 0.2) is 6.10 Å². The highest BCUT2D eigenvalue weighted by atomic mass is 35.5. The minimum absolute atomic E-state index is 0.218. The first kappa shape index (κ1) is 24.9. The van der Waals surface area contributed by atoms with E-state index in [0.29, 0.717) is 44.2 Å². The molecule has 3 fully saturated rings. The van der Waals surface area contributed by atoms with Gasteiger partial charge in [0.2, 0.25) is 5.91 Å². The summed E-state index contributed by atoms with van der Waals surface area (Å²) in [6, 6.07) is 6.02. The first-order valence-corrected chi connectivity index (χ1v) is 12.1. The number of alkyl halides is 3. The smallest absolute Gasteiger partial charge is 0.425 e. The standard InChI is InChI=1S/C23H30ClF3N4O3/c1-16(23(25,26)27)34-22(33)29-11-9-28(10-12-29)14-17-4-5-18(24)13-20(17)30-8-6-19(15-30)31-7-2-3-21(31)32/h4-5,13,16,19H,2-3,6-12,14-15H2,1H3/t16?,19-/m1/s1. The molecule has 0 saturated carbocycles. The lowest BCUT2D eigenvalue weighted by Gasteiger charge is -2.35. The van der Waals surface area contributed by atoms with Crippen molar-refractivity contribution in [3.8, 4) is 0 Å². The van der Waals surface area contributed by atoms with Gasteiger partial charge in [-0.05, 0) is 37.5 Å². The van der Waals surface area contributed by atoms with E-state index in [9.17, 15) is 22.8 Å². The summed E-state index contributed by atoms with van der Waals surface area (Å²) < 4.78 is 42.6. The van der Waals surface area contributed by atoms with E-state index in [-0.39, 0.29) is 11.9 Å². The number of piperazine rings is 1. The maximum absolute atomic E-state index is 12.7. The normalized spacial score (nSPS) is 23.0. The number of ether oxygens (including phenoxy) is 1. The van der Waals surface area contributed by atoms with Gasteiger partial charge >= 0.3 is 12.3 Å². The number of carbonyl (C=O) groups excluding carboxylic acids is 2. The average Bonchev–Trinajstić information content (AvgIpc) is 3.43. The van der Waals surface area contributed by atoms with E-state index in [4.69, 9.17) is 11.6 Å². The predicted molar refractivity (Wildman–Crippen MR) is 122 cm³/mol. The lowest BCUT2D eigenvalue weighted by molar-refractivity contribution is -0.200. The largest absolute Gasteiger partial charge is 0.437 e. The lowest BCUT2D eigenvalue weighted by Crippen LogP contribution is -2.49. The molecule has 188 valence electrons. The van der Waals surface area contributed by atoms with Crippen molar-refractivity contribution < 1.29 is 27.5 Å². The molecule has 0 aromatic heterocycles. The van der Waals surface area contributed by atoms with Gasteiger partial charge < -0.3 is 19.4 Å². The molecule has 0 aliphatic carbocycles. The third kappa shape index (κ3) is 5.71. The summed E-state index contributed by atoms with van der Waals surface area (Å²) in [6.07, 6.45) is -5.15. The van der Waals surface area contributed by atoms with Crippen LogP contribution in [0.4, 0.5) is 23.7 Å². The fourth-order valence-corrected chi connectivity index (χ4v) is 5.02. The molecule has 7 nitrogen and oxygen atoms in total. The van der Waals surface area contributed by atoms with Gasteiger partial charge in [-0.1, -0.05) is 17.7 Å². The second-order valence-corrected chi connectivity index (χ2v) is 9.62. The van der Waals surface area contributed by atoms with Gasteiger partial charge in [-0.2, -0.15) is 13.2 Å². The van der Waals surface area contributed by atoms with Crippen LogP contribution in [0, 0.1) is 0 Å². The number of halogens is 4. The van der Waals surface area contributed by atoms with Crippen LogP contribution < -0.4 is 4.90 Å². The minimum atomic E-state index is -4.57. The van der Waals surface area contributed by atoms with Crippen molar-refractivity contribution in [2.75, 3.05) is 50.7 Å². The van der Waals surface area contributed by atoms with Crippen molar-refractivity contribution in [3.63, 3.8) is 0 Å². The summed E-state index contributed by atoms with van der Waals surface area (Å²) >= 11 is 6.31. The van der Waals surface area contributed by atoms with Gasteiger partial charge in [0.05, 0.1) is 6.04 Å². The molecule has 11 heteroatoms. The van der Waals surface area contributed by atoms with Crippen molar-refractivity contribution >= 4 is 29.3 Å². The van der Waals surface area contributed by atoms with Gasteiger partial charge in [0, 0.05) is 69.5 Å². The molecule has 0 bridgehead atoms. The van der Waals surface area contributed by atoms with E-state index in [0.717, 1.165) is 50.7 Å². The Hall–Kier alpha value is -2.20. The van der Waals surface area contributed by atoms with Crippen LogP contribution in [-0.4, -0.2) is 90.8 Å². The molecule has 2 atom stereocenters. The van der Waals surface area contributed by atoms with Gasteiger partial charge in [-0.15, -0.1) is 0 Å². The highest BCUT2D eigenvalue weighted by Crippen LogP contribution is 2.31. The highest BCUT2D eigenvalue weighted by Gasteiger charge is 2.40. The Balaban J connectivity index is 1.34. The van der Waals surface area contributed by atoms with Crippen LogP contribution in [-0.2, 0) is 16.1 Å². The second kappa shape index (κ2) is 10.2. The molecular weight excluding hydrogens is 473 g/mol. The Morgan fingerprint density at radius 3 is 2.56 bits per heavy atom. The molecule has 0 radical (unpaired) electrons. The summed E-state index contributed by atoms with van der Waals surface area (Å²) in [7, 11) is 0. The van der Waals surface area contributed by atoms with E-state index in [1.807, 2.05) is 23.1 Å². The zero-order valence-electron chi connectivity index (χ0n) is 19.2. The number of amides is 2. The van der Waals surface area contributed by atoms with Gasteiger partial charge in [0.25, 0.3) is 0 Å². The van der Waals surface area contributed by atoms with Gasteiger partial charge in [0.1, 0.15) is 0 Å². The highest BCUT2D eigenvalue weighted by molar-refractivity contribution is 6.30. The van der Waals surface area contributed by atoms with Crippen molar-refractivity contribution in [1.29, 1.82) is 0 Å². The van der Waals surface area contributed by atoms with Crippen LogP contribution in [0.25, 0.3) is 0 Å². The lowest BCUT2D eigenvalue weighted by atomic mass is 10.1. The molecule has 0 spiro atoms. The van der Waals surface area contributed by atoms with Crippen LogP contribution in [0.2, 0.25) is 5.02 Å². The molecule has 4 rings (SSSR count). The molecule has 1 aromatic carbocycles. The molecule has 2 amide bonds. The number of nitrogens with zero attached hydrogens (tertiary/aromatic N) is 4. The topological polar surface area (TPSA) is 56.3 Å². The van der Waals surface area contributed by atoms with E-state index in [2.05, 4.69) is 14.5 Å². The summed E-state index contributed by atoms with van der Waals surface area (Å²) in [5.74, 6) is 0.235. The summed E-state index contributed by atoms with van der Waals surface area (Å²) in [6.45, 7) is 5.58. The van der Waals surface area contributed by atoms with E-state index >= 15 is 0 Å². The zero-order valence-corrected chi connectivity index (χ0v) is 19.9. The number of rotatable bonds is 5. The predicted octanol–water partition coefficient (Wildman–Crippen LogP) is 3.75. The molecule has 3 aliphatic heterocycles. The van der Waals surface area contributed by atoms with Crippen molar-refractivity contribution in [3.05, 3.63) is 28.8 Å². The summed E-state index contributed by atoms with van der Waals surface area (Å²) in [5, 5.41) is 0.644. The number of hydrogen-bond donors (Lipinski definition) is 0. The number of carbonyl (C=O) groups is 2. The van der Waals surface area contributed by atoms with Gasteiger partial charge in [-0.25, -0.2) is 4.79 Å². The Labute approximate surface area is 202 Å². The molecule has 1 aromatic rings. The first-order valence-electron chi connectivity index (χ1n) is 11.7. The van der Waals surface area contributed by atoms with E-state index < -0.39 is 18.4 Å². The van der Waals surface area contributed by atoms with E-state index in [1.54, 1.807) is 0 Å². The Kier molecular flexibility index (Phi) is 7.47. The Morgan fingerprint density at radius 2 is 1.91 bits per heavy atom. The Bertz CT molecular complexity index is 908. The molecule has 0 N–H and O–H groups in total. The second-order valence-electron chi connectivity index (χ2n) is 9.18. The van der Waals surface area contributed by atoms with Crippen molar-refractivity contribution in [2.24, 2.45) is 0 Å².